The van der Waals surface area contributed by atoms with E-state index in [1.54, 1.807) is 12.4 Å². The minimum atomic E-state index is 0.353. The molecule has 1 aromatic heterocycles. The summed E-state index contributed by atoms with van der Waals surface area (Å²) in [5.74, 6) is 6.69. The molecule has 1 aliphatic rings. The number of nitrogens with one attached hydrogen (secondary N) is 2. The van der Waals surface area contributed by atoms with Crippen molar-refractivity contribution < 1.29 is 0 Å². The van der Waals surface area contributed by atoms with E-state index in [9.17, 15) is 0 Å². The lowest BCUT2D eigenvalue weighted by molar-refractivity contribution is 0.411. The third-order valence-corrected chi connectivity index (χ3v) is 4.99. The largest absolute Gasteiger partial charge is 0.367 e. The Kier molecular flexibility index (Phi) is 4.66. The summed E-state index contributed by atoms with van der Waals surface area (Å²) < 4.78 is 0.353. The van der Waals surface area contributed by atoms with E-state index < -0.39 is 0 Å². The molecule has 1 aliphatic carbocycles. The highest BCUT2D eigenvalue weighted by molar-refractivity contribution is 8.00. The van der Waals surface area contributed by atoms with Gasteiger partial charge in [0.2, 0.25) is 0 Å². The first-order valence-corrected chi connectivity index (χ1v) is 7.58. The molecule has 0 atom stereocenters. The Morgan fingerprint density at radius 3 is 2.67 bits per heavy atom. The third-order valence-electron chi connectivity index (χ3n) is 3.57. The molecule has 18 heavy (non-hydrogen) atoms. The fourth-order valence-electron chi connectivity index (χ4n) is 2.42. The molecule has 0 saturated heterocycles. The highest BCUT2D eigenvalue weighted by Gasteiger charge is 2.30. The van der Waals surface area contributed by atoms with Crippen molar-refractivity contribution in [1.82, 2.24) is 9.97 Å². The maximum Gasteiger partial charge on any atom is 0.160 e. The van der Waals surface area contributed by atoms with Gasteiger partial charge < -0.3 is 10.7 Å². The van der Waals surface area contributed by atoms with Crippen molar-refractivity contribution in [1.29, 1.82) is 0 Å². The number of nitrogens with two attached hydrogens (primary N) is 1. The van der Waals surface area contributed by atoms with Crippen LogP contribution in [0.2, 0.25) is 0 Å². The third kappa shape index (κ3) is 3.26. The summed E-state index contributed by atoms with van der Waals surface area (Å²) in [5.41, 5.74) is 2.51. The smallest absolute Gasteiger partial charge is 0.160 e. The summed E-state index contributed by atoms with van der Waals surface area (Å²) in [6.07, 6.45) is 12.1. The second kappa shape index (κ2) is 6.24. The molecule has 5 nitrogen and oxygen atoms in total. The molecule has 0 radical (unpaired) electrons. The predicted octanol–water partition coefficient (Wildman–Crippen LogP) is 2.24. The first-order valence-electron chi connectivity index (χ1n) is 6.36. The van der Waals surface area contributed by atoms with E-state index in [1.807, 2.05) is 11.8 Å². The number of thioether (sulfide) groups is 1. The van der Waals surface area contributed by atoms with Gasteiger partial charge in [-0.15, -0.1) is 0 Å². The van der Waals surface area contributed by atoms with Crippen molar-refractivity contribution >= 4 is 23.4 Å². The molecule has 0 unspecified atom stereocenters. The lowest BCUT2D eigenvalue weighted by Crippen LogP contribution is -2.35. The number of hydrazine groups is 1. The lowest BCUT2D eigenvalue weighted by atomic mass is 9.88. The van der Waals surface area contributed by atoms with Crippen LogP contribution in [0, 0.1) is 0 Å². The Morgan fingerprint density at radius 1 is 1.28 bits per heavy atom. The van der Waals surface area contributed by atoms with E-state index in [1.165, 1.54) is 32.1 Å². The van der Waals surface area contributed by atoms with Crippen LogP contribution in [0.3, 0.4) is 0 Å². The normalized spacial score (nSPS) is 18.3. The van der Waals surface area contributed by atoms with Gasteiger partial charge >= 0.3 is 0 Å². The summed E-state index contributed by atoms with van der Waals surface area (Å²) in [6.45, 7) is 0.941. The highest BCUT2D eigenvalue weighted by atomic mass is 32.2. The first-order chi connectivity index (χ1) is 8.78. The Morgan fingerprint density at radius 2 is 2.00 bits per heavy atom. The number of hydrogen-bond acceptors (Lipinski definition) is 6. The van der Waals surface area contributed by atoms with Gasteiger partial charge in [0.1, 0.15) is 5.82 Å². The standard InChI is InChI=1S/C12H21N5S/c1-18-12(5-3-2-4-6-12)9-15-10-7-14-8-11(16-10)17-13/h7-8H,2-6,9,13H2,1H3,(H2,15,16,17). The van der Waals surface area contributed by atoms with Crippen molar-refractivity contribution in [3.05, 3.63) is 12.4 Å². The molecule has 0 bridgehead atoms. The van der Waals surface area contributed by atoms with Crippen LogP contribution in [0.4, 0.5) is 11.6 Å². The van der Waals surface area contributed by atoms with Gasteiger partial charge in [0.15, 0.2) is 5.82 Å². The fourth-order valence-corrected chi connectivity index (χ4v) is 3.33. The topological polar surface area (TPSA) is 75.9 Å². The van der Waals surface area contributed by atoms with E-state index in [2.05, 4.69) is 27.0 Å². The minimum absolute atomic E-state index is 0.353. The van der Waals surface area contributed by atoms with Gasteiger partial charge in [-0.3, -0.25) is 4.98 Å². The molecule has 6 heteroatoms. The van der Waals surface area contributed by atoms with E-state index in [0.717, 1.165) is 12.4 Å². The zero-order valence-electron chi connectivity index (χ0n) is 10.8. The maximum atomic E-state index is 5.33. The monoisotopic (exact) mass is 267 g/mol. The van der Waals surface area contributed by atoms with Gasteiger partial charge in [-0.05, 0) is 19.1 Å². The van der Waals surface area contributed by atoms with Crippen molar-refractivity contribution in [2.45, 2.75) is 36.9 Å². The van der Waals surface area contributed by atoms with E-state index >= 15 is 0 Å². The van der Waals surface area contributed by atoms with Gasteiger partial charge in [-0.25, -0.2) is 10.8 Å². The van der Waals surface area contributed by atoms with E-state index in [4.69, 9.17) is 5.84 Å². The van der Waals surface area contributed by atoms with Crippen LogP contribution in [-0.2, 0) is 0 Å². The van der Waals surface area contributed by atoms with Crippen LogP contribution < -0.4 is 16.6 Å². The van der Waals surface area contributed by atoms with Crippen LogP contribution in [-0.4, -0.2) is 27.5 Å². The van der Waals surface area contributed by atoms with Gasteiger partial charge in [-0.2, -0.15) is 11.8 Å². The average Bonchev–Trinajstić information content (AvgIpc) is 2.46. The molecule has 0 spiro atoms. The van der Waals surface area contributed by atoms with Crippen LogP contribution in [0.1, 0.15) is 32.1 Å². The Hall–Kier alpha value is -1.01. The lowest BCUT2D eigenvalue weighted by Gasteiger charge is -2.36. The van der Waals surface area contributed by atoms with E-state index in [0.29, 0.717) is 10.6 Å². The average molecular weight is 267 g/mol. The minimum Gasteiger partial charge on any atom is -0.367 e. The van der Waals surface area contributed by atoms with Crippen molar-refractivity contribution in [3.8, 4) is 0 Å². The molecule has 1 heterocycles. The fraction of sp³-hybridized carbons (Fsp3) is 0.667. The Bertz CT molecular complexity index is 378. The van der Waals surface area contributed by atoms with Crippen LogP contribution in [0.15, 0.2) is 12.4 Å². The summed E-state index contributed by atoms with van der Waals surface area (Å²) in [4.78, 5) is 8.42. The van der Waals surface area contributed by atoms with Crippen molar-refractivity contribution in [2.24, 2.45) is 5.84 Å². The number of anilines is 2. The Balaban J connectivity index is 1.96. The van der Waals surface area contributed by atoms with Gasteiger partial charge in [-0.1, -0.05) is 19.3 Å². The zero-order chi connectivity index (χ0) is 12.8. The molecule has 4 N–H and O–H groups in total. The van der Waals surface area contributed by atoms with Crippen LogP contribution in [0.5, 0.6) is 0 Å². The van der Waals surface area contributed by atoms with Gasteiger partial charge in [0, 0.05) is 11.3 Å². The van der Waals surface area contributed by atoms with Gasteiger partial charge in [0.25, 0.3) is 0 Å². The van der Waals surface area contributed by atoms with Crippen LogP contribution >= 0.6 is 11.8 Å². The van der Waals surface area contributed by atoms with Crippen LogP contribution in [0.25, 0.3) is 0 Å². The first kappa shape index (κ1) is 13.4. The number of nitrogens with zero attached hydrogens (tertiary/aromatic N) is 2. The zero-order valence-corrected chi connectivity index (χ0v) is 11.6. The number of aromatic nitrogens is 2. The molecule has 0 aliphatic heterocycles. The number of rotatable bonds is 5. The molecule has 0 amide bonds. The number of hydrogen-bond donors (Lipinski definition) is 3. The summed E-state index contributed by atoms with van der Waals surface area (Å²) >= 11 is 1.97. The SMILES string of the molecule is CSC1(CNc2cncc(NN)n2)CCCCC1. The summed E-state index contributed by atoms with van der Waals surface area (Å²) in [5, 5.41) is 3.39. The Labute approximate surface area is 112 Å². The molecule has 2 rings (SSSR count). The predicted molar refractivity (Wildman–Crippen MR) is 77.7 cm³/mol. The van der Waals surface area contributed by atoms with Crippen molar-refractivity contribution in [2.75, 3.05) is 23.5 Å². The molecule has 1 aromatic rings. The van der Waals surface area contributed by atoms with E-state index in [-0.39, 0.29) is 0 Å². The van der Waals surface area contributed by atoms with Crippen molar-refractivity contribution in [3.63, 3.8) is 0 Å². The second-order valence-electron chi connectivity index (χ2n) is 4.74. The van der Waals surface area contributed by atoms with Gasteiger partial charge in [0.05, 0.1) is 12.4 Å². The summed E-state index contributed by atoms with van der Waals surface area (Å²) in [7, 11) is 0. The second-order valence-corrected chi connectivity index (χ2v) is 6.01. The highest BCUT2D eigenvalue weighted by Crippen LogP contribution is 2.38. The summed E-state index contributed by atoms with van der Waals surface area (Å²) in [6, 6.07) is 0. The molecule has 1 fully saturated rings. The molecule has 0 aromatic carbocycles. The quantitative estimate of drug-likeness (QED) is 0.561. The maximum absolute atomic E-state index is 5.33. The molecule has 100 valence electrons. The molecule has 1 saturated carbocycles. The molecular formula is C12H21N5S. The number of nitrogen functional groups attached to an aromatic ring is 1. The molecular weight excluding hydrogens is 246 g/mol.